The van der Waals surface area contributed by atoms with E-state index in [2.05, 4.69) is 0 Å². The number of esters is 1. The van der Waals surface area contributed by atoms with Gasteiger partial charge in [0.15, 0.2) is 0 Å². The number of ether oxygens (including phenoxy) is 1. The minimum atomic E-state index is -0.644. The summed E-state index contributed by atoms with van der Waals surface area (Å²) in [6.45, 7) is 3.50. The molecule has 17 heavy (non-hydrogen) atoms. The standard InChI is InChI=1S/C13H15NO3/c1-8-11(13(16)17-3)7-10-5-4-6-14(10)12(8)9(2)15/h4-7,9,15H,1-3H3. The Hall–Kier alpha value is -1.81. The van der Waals surface area contributed by atoms with Gasteiger partial charge in [-0.3, -0.25) is 0 Å². The Morgan fingerprint density at radius 3 is 2.82 bits per heavy atom. The highest BCUT2D eigenvalue weighted by molar-refractivity contribution is 5.92. The zero-order chi connectivity index (χ0) is 12.6. The van der Waals surface area contributed by atoms with Crippen LogP contribution < -0.4 is 0 Å². The van der Waals surface area contributed by atoms with Crippen LogP contribution in [0.2, 0.25) is 0 Å². The van der Waals surface area contributed by atoms with Gasteiger partial charge in [0.05, 0.1) is 24.5 Å². The number of carbonyl (C=O) groups excluding carboxylic acids is 1. The summed E-state index contributed by atoms with van der Waals surface area (Å²) >= 11 is 0. The maximum atomic E-state index is 11.7. The van der Waals surface area contributed by atoms with Crippen LogP contribution in [0.5, 0.6) is 0 Å². The van der Waals surface area contributed by atoms with Gasteiger partial charge in [0.1, 0.15) is 0 Å². The molecule has 1 N–H and O–H groups in total. The Balaban J connectivity index is 2.79. The third kappa shape index (κ3) is 1.80. The van der Waals surface area contributed by atoms with Crippen LogP contribution in [0, 0.1) is 6.92 Å². The van der Waals surface area contributed by atoms with Gasteiger partial charge in [-0.2, -0.15) is 0 Å². The number of hydrogen-bond acceptors (Lipinski definition) is 3. The molecular formula is C13H15NO3. The van der Waals surface area contributed by atoms with Gasteiger partial charge >= 0.3 is 5.97 Å². The molecule has 0 aliphatic rings. The number of aromatic nitrogens is 1. The lowest BCUT2D eigenvalue weighted by atomic mass is 10.0. The smallest absolute Gasteiger partial charge is 0.338 e. The highest BCUT2D eigenvalue weighted by atomic mass is 16.5. The first kappa shape index (κ1) is 11.7. The van der Waals surface area contributed by atoms with E-state index in [1.807, 2.05) is 29.7 Å². The molecule has 4 heteroatoms. The molecule has 2 rings (SSSR count). The molecule has 0 radical (unpaired) electrons. The quantitative estimate of drug-likeness (QED) is 0.808. The number of methoxy groups -OCH3 is 1. The van der Waals surface area contributed by atoms with Crippen LogP contribution in [0.4, 0.5) is 0 Å². The number of fused-ring (bicyclic) bond motifs is 1. The normalized spacial score (nSPS) is 12.7. The Kier molecular flexibility index (Phi) is 2.90. The van der Waals surface area contributed by atoms with E-state index in [1.54, 1.807) is 13.0 Å². The summed E-state index contributed by atoms with van der Waals surface area (Å²) in [5.74, 6) is -0.381. The third-order valence-electron chi connectivity index (χ3n) is 2.92. The predicted octanol–water partition coefficient (Wildman–Crippen LogP) is 2.09. The number of pyridine rings is 1. The second kappa shape index (κ2) is 4.22. The molecule has 90 valence electrons. The number of carbonyl (C=O) groups is 1. The van der Waals surface area contributed by atoms with Gasteiger partial charge < -0.3 is 14.2 Å². The molecule has 0 aliphatic heterocycles. The van der Waals surface area contributed by atoms with Crippen molar-refractivity contribution in [1.82, 2.24) is 4.40 Å². The lowest BCUT2D eigenvalue weighted by molar-refractivity contribution is 0.0599. The van der Waals surface area contributed by atoms with Crippen LogP contribution in [-0.2, 0) is 4.74 Å². The zero-order valence-corrected chi connectivity index (χ0v) is 10.1. The average Bonchev–Trinajstić information content (AvgIpc) is 2.73. The second-order valence-corrected chi connectivity index (χ2v) is 4.04. The molecule has 0 saturated carbocycles. The molecule has 0 bridgehead atoms. The van der Waals surface area contributed by atoms with Crippen molar-refractivity contribution >= 4 is 11.5 Å². The van der Waals surface area contributed by atoms with Crippen molar-refractivity contribution in [3.63, 3.8) is 0 Å². The van der Waals surface area contributed by atoms with Gasteiger partial charge in [-0.15, -0.1) is 0 Å². The molecule has 0 amide bonds. The van der Waals surface area contributed by atoms with Gasteiger partial charge in [-0.25, -0.2) is 4.79 Å². The molecule has 2 aromatic rings. The fourth-order valence-electron chi connectivity index (χ4n) is 2.14. The number of nitrogens with zero attached hydrogens (tertiary/aromatic N) is 1. The molecule has 0 spiro atoms. The fourth-order valence-corrected chi connectivity index (χ4v) is 2.14. The summed E-state index contributed by atoms with van der Waals surface area (Å²) in [6, 6.07) is 5.53. The Morgan fingerprint density at radius 2 is 2.24 bits per heavy atom. The second-order valence-electron chi connectivity index (χ2n) is 4.04. The van der Waals surface area contributed by atoms with Gasteiger partial charge in [0.25, 0.3) is 0 Å². The Morgan fingerprint density at radius 1 is 1.53 bits per heavy atom. The van der Waals surface area contributed by atoms with Crippen LogP contribution in [-0.4, -0.2) is 22.6 Å². The van der Waals surface area contributed by atoms with E-state index in [0.29, 0.717) is 11.3 Å². The van der Waals surface area contributed by atoms with E-state index in [0.717, 1.165) is 11.1 Å². The lowest BCUT2D eigenvalue weighted by Crippen LogP contribution is -2.11. The van der Waals surface area contributed by atoms with Crippen molar-refractivity contribution in [2.45, 2.75) is 20.0 Å². The molecule has 4 nitrogen and oxygen atoms in total. The van der Waals surface area contributed by atoms with E-state index in [-0.39, 0.29) is 5.97 Å². The average molecular weight is 233 g/mol. The summed E-state index contributed by atoms with van der Waals surface area (Å²) in [5, 5.41) is 9.83. The highest BCUT2D eigenvalue weighted by Crippen LogP contribution is 2.24. The summed E-state index contributed by atoms with van der Waals surface area (Å²) in [4.78, 5) is 11.7. The van der Waals surface area contributed by atoms with E-state index < -0.39 is 6.10 Å². The summed E-state index contributed by atoms with van der Waals surface area (Å²) in [5.41, 5.74) is 2.82. The van der Waals surface area contributed by atoms with Crippen LogP contribution in [0.1, 0.15) is 34.6 Å². The van der Waals surface area contributed by atoms with Gasteiger partial charge in [-0.05, 0) is 37.6 Å². The maximum absolute atomic E-state index is 11.7. The van der Waals surface area contributed by atoms with E-state index in [9.17, 15) is 9.90 Å². The van der Waals surface area contributed by atoms with Crippen molar-refractivity contribution in [2.24, 2.45) is 0 Å². The number of aliphatic hydroxyl groups is 1. The van der Waals surface area contributed by atoms with Gasteiger partial charge in [0.2, 0.25) is 0 Å². The van der Waals surface area contributed by atoms with Crippen molar-refractivity contribution < 1.29 is 14.6 Å². The molecular weight excluding hydrogens is 218 g/mol. The number of hydrogen-bond donors (Lipinski definition) is 1. The Labute approximate surface area is 99.4 Å². The van der Waals surface area contributed by atoms with Crippen LogP contribution >= 0.6 is 0 Å². The largest absolute Gasteiger partial charge is 0.465 e. The predicted molar refractivity (Wildman–Crippen MR) is 64.1 cm³/mol. The first-order valence-corrected chi connectivity index (χ1v) is 5.43. The monoisotopic (exact) mass is 233 g/mol. The van der Waals surface area contributed by atoms with Gasteiger partial charge in [0, 0.05) is 11.7 Å². The van der Waals surface area contributed by atoms with Gasteiger partial charge in [-0.1, -0.05) is 0 Å². The summed E-state index contributed by atoms with van der Waals surface area (Å²) in [6.07, 6.45) is 1.22. The van der Waals surface area contributed by atoms with Crippen molar-refractivity contribution in [2.75, 3.05) is 7.11 Å². The van der Waals surface area contributed by atoms with Crippen LogP contribution in [0.3, 0.4) is 0 Å². The van der Waals surface area contributed by atoms with Crippen LogP contribution in [0.15, 0.2) is 24.4 Å². The van der Waals surface area contributed by atoms with E-state index in [1.165, 1.54) is 7.11 Å². The fraction of sp³-hybridized carbons (Fsp3) is 0.308. The molecule has 0 aromatic carbocycles. The minimum Gasteiger partial charge on any atom is -0.465 e. The van der Waals surface area contributed by atoms with Crippen molar-refractivity contribution in [3.05, 3.63) is 41.2 Å². The molecule has 1 atom stereocenters. The Bertz CT molecular complexity index is 569. The van der Waals surface area contributed by atoms with Crippen LogP contribution in [0.25, 0.3) is 5.52 Å². The maximum Gasteiger partial charge on any atom is 0.338 e. The van der Waals surface area contributed by atoms with E-state index in [4.69, 9.17) is 4.74 Å². The number of aliphatic hydroxyl groups excluding tert-OH is 1. The lowest BCUT2D eigenvalue weighted by Gasteiger charge is -2.15. The zero-order valence-electron chi connectivity index (χ0n) is 10.1. The SMILES string of the molecule is COC(=O)c1cc2cccn2c(C(C)O)c1C. The highest BCUT2D eigenvalue weighted by Gasteiger charge is 2.18. The molecule has 0 fully saturated rings. The number of rotatable bonds is 2. The molecule has 0 saturated heterocycles. The first-order chi connectivity index (χ1) is 8.06. The summed E-state index contributed by atoms with van der Waals surface area (Å²) < 4.78 is 6.63. The van der Waals surface area contributed by atoms with E-state index >= 15 is 0 Å². The van der Waals surface area contributed by atoms with Crippen molar-refractivity contribution in [1.29, 1.82) is 0 Å². The molecule has 1 unspecified atom stereocenters. The molecule has 0 aliphatic carbocycles. The molecule has 2 heterocycles. The summed E-state index contributed by atoms with van der Waals surface area (Å²) in [7, 11) is 1.35. The molecule has 2 aromatic heterocycles. The topological polar surface area (TPSA) is 50.9 Å². The first-order valence-electron chi connectivity index (χ1n) is 5.43. The third-order valence-corrected chi connectivity index (χ3v) is 2.92. The minimum absolute atomic E-state index is 0.381. The van der Waals surface area contributed by atoms with Crippen molar-refractivity contribution in [3.8, 4) is 0 Å².